The van der Waals surface area contributed by atoms with Crippen LogP contribution in [0, 0.1) is 0 Å². The normalized spacial score (nSPS) is 18.0. The van der Waals surface area contributed by atoms with E-state index in [1.54, 1.807) is 0 Å². The van der Waals surface area contributed by atoms with Crippen LogP contribution in [0.5, 0.6) is 0 Å². The number of nitrogens with zero attached hydrogens (tertiary/aromatic N) is 1. The van der Waals surface area contributed by atoms with E-state index in [-0.39, 0.29) is 43.5 Å². The van der Waals surface area contributed by atoms with Crippen LogP contribution in [-0.4, -0.2) is 13.1 Å². The van der Waals surface area contributed by atoms with Gasteiger partial charge in [0.1, 0.15) is 0 Å². The first-order valence-electron chi connectivity index (χ1n) is 2.63. The SMILES string of the molecule is C1CC[N-]CC1.I.[Zn]. The molecule has 0 bridgehead atoms. The fourth-order valence-corrected chi connectivity index (χ4v) is 0.736. The Labute approximate surface area is 80.8 Å². The summed E-state index contributed by atoms with van der Waals surface area (Å²) in [5.41, 5.74) is 0. The van der Waals surface area contributed by atoms with Crippen molar-refractivity contribution in [2.45, 2.75) is 19.3 Å². The molecular weight excluding hydrogens is 266 g/mol. The molecule has 0 unspecified atom stereocenters. The van der Waals surface area contributed by atoms with Gasteiger partial charge in [-0.3, -0.25) is 0 Å². The molecule has 1 saturated heterocycles. The van der Waals surface area contributed by atoms with E-state index < -0.39 is 0 Å². The molecule has 0 aromatic rings. The molecule has 0 amide bonds. The largest absolute Gasteiger partial charge is 0.662 e. The van der Waals surface area contributed by atoms with E-state index in [2.05, 4.69) is 5.32 Å². The van der Waals surface area contributed by atoms with E-state index in [0.29, 0.717) is 0 Å². The minimum atomic E-state index is 0. The van der Waals surface area contributed by atoms with Gasteiger partial charge < -0.3 is 5.32 Å². The minimum Gasteiger partial charge on any atom is -0.662 e. The number of hydrogen-bond donors (Lipinski definition) is 0. The summed E-state index contributed by atoms with van der Waals surface area (Å²) in [6, 6.07) is 0. The van der Waals surface area contributed by atoms with Gasteiger partial charge in [0.05, 0.1) is 0 Å². The Hall–Kier alpha value is 1.31. The number of hydrogen-bond acceptors (Lipinski definition) is 0. The Bertz CT molecular complexity index is 27.9. The third-order valence-electron chi connectivity index (χ3n) is 1.13. The Morgan fingerprint density at radius 1 is 0.875 bits per heavy atom. The molecule has 0 atom stereocenters. The maximum absolute atomic E-state index is 4.18. The van der Waals surface area contributed by atoms with Crippen molar-refractivity contribution in [1.29, 1.82) is 0 Å². The molecule has 1 aliphatic rings. The average Bonchev–Trinajstić information content (AvgIpc) is 1.72. The third-order valence-corrected chi connectivity index (χ3v) is 1.13. The molecule has 8 heavy (non-hydrogen) atoms. The van der Waals surface area contributed by atoms with Crippen molar-refractivity contribution in [3.63, 3.8) is 0 Å². The van der Waals surface area contributed by atoms with Crippen LogP contribution in [0.4, 0.5) is 0 Å². The second-order valence-electron chi connectivity index (χ2n) is 1.73. The van der Waals surface area contributed by atoms with Crippen molar-refractivity contribution in [3.05, 3.63) is 5.32 Å². The summed E-state index contributed by atoms with van der Waals surface area (Å²) in [4.78, 5) is 0. The van der Waals surface area contributed by atoms with E-state index >= 15 is 0 Å². The minimum absolute atomic E-state index is 0. The Morgan fingerprint density at radius 2 is 1.38 bits per heavy atom. The zero-order valence-electron chi connectivity index (χ0n) is 5.10. The number of rotatable bonds is 0. The molecule has 0 aromatic carbocycles. The summed E-state index contributed by atoms with van der Waals surface area (Å²) < 4.78 is 0. The molecule has 0 saturated carbocycles. The monoisotopic (exact) mass is 276 g/mol. The van der Waals surface area contributed by atoms with Crippen LogP contribution < -0.4 is 0 Å². The van der Waals surface area contributed by atoms with Crippen molar-refractivity contribution in [2.24, 2.45) is 0 Å². The molecule has 46 valence electrons. The quantitative estimate of drug-likeness (QED) is 0.476. The molecule has 0 spiro atoms. The van der Waals surface area contributed by atoms with Crippen LogP contribution in [0.2, 0.25) is 0 Å². The topological polar surface area (TPSA) is 14.1 Å². The molecule has 1 fully saturated rings. The van der Waals surface area contributed by atoms with Gasteiger partial charge in [-0.1, -0.05) is 19.3 Å². The van der Waals surface area contributed by atoms with E-state index in [9.17, 15) is 0 Å². The van der Waals surface area contributed by atoms with Crippen molar-refractivity contribution in [1.82, 2.24) is 0 Å². The van der Waals surface area contributed by atoms with Gasteiger partial charge in [0.25, 0.3) is 0 Å². The average molecular weight is 277 g/mol. The van der Waals surface area contributed by atoms with Gasteiger partial charge in [0.2, 0.25) is 0 Å². The first-order valence-corrected chi connectivity index (χ1v) is 2.63. The van der Waals surface area contributed by atoms with Gasteiger partial charge in [-0.05, 0) is 0 Å². The van der Waals surface area contributed by atoms with Crippen molar-refractivity contribution in [2.75, 3.05) is 13.1 Å². The summed E-state index contributed by atoms with van der Waals surface area (Å²) in [5, 5.41) is 4.18. The van der Waals surface area contributed by atoms with Crippen LogP contribution in [-0.2, 0) is 19.5 Å². The van der Waals surface area contributed by atoms with Crippen LogP contribution in [0.1, 0.15) is 19.3 Å². The van der Waals surface area contributed by atoms with Gasteiger partial charge in [-0.15, -0.1) is 37.1 Å². The van der Waals surface area contributed by atoms with Gasteiger partial charge in [0.15, 0.2) is 0 Å². The molecule has 1 heterocycles. The molecule has 0 radical (unpaired) electrons. The molecule has 1 nitrogen and oxygen atoms in total. The van der Waals surface area contributed by atoms with E-state index in [4.69, 9.17) is 0 Å². The molecule has 0 aromatic heterocycles. The standard InChI is InChI=1S/C5H10N.HI.Zn/c1-2-4-6-5-3-1;;/h1-5H2;1H;/q-1;;. The summed E-state index contributed by atoms with van der Waals surface area (Å²) in [7, 11) is 0. The van der Waals surface area contributed by atoms with E-state index in [1.807, 2.05) is 0 Å². The Balaban J connectivity index is 0. The summed E-state index contributed by atoms with van der Waals surface area (Å²) >= 11 is 0. The first kappa shape index (κ1) is 12.0. The predicted octanol–water partition coefficient (Wildman–Crippen LogP) is 2.16. The van der Waals surface area contributed by atoms with Crippen LogP contribution in [0.25, 0.3) is 5.32 Å². The summed E-state index contributed by atoms with van der Waals surface area (Å²) in [5.74, 6) is 0. The zero-order valence-corrected chi connectivity index (χ0v) is 10.4. The predicted molar refractivity (Wildman–Crippen MR) is 42.4 cm³/mol. The van der Waals surface area contributed by atoms with Crippen molar-refractivity contribution < 1.29 is 19.5 Å². The van der Waals surface area contributed by atoms with Crippen LogP contribution in [0.15, 0.2) is 0 Å². The molecular formula is C5H11INZn-. The second kappa shape index (κ2) is 8.31. The van der Waals surface area contributed by atoms with E-state index in [1.165, 1.54) is 19.3 Å². The fourth-order valence-electron chi connectivity index (χ4n) is 0.736. The first-order chi connectivity index (χ1) is 3.00. The van der Waals surface area contributed by atoms with Gasteiger partial charge >= 0.3 is 0 Å². The van der Waals surface area contributed by atoms with Gasteiger partial charge in [-0.2, -0.15) is 0 Å². The second-order valence-corrected chi connectivity index (χ2v) is 1.73. The summed E-state index contributed by atoms with van der Waals surface area (Å²) in [6.45, 7) is 2.25. The van der Waals surface area contributed by atoms with Crippen LogP contribution >= 0.6 is 24.0 Å². The Morgan fingerprint density at radius 3 is 1.50 bits per heavy atom. The van der Waals surface area contributed by atoms with E-state index in [0.717, 1.165) is 13.1 Å². The molecule has 0 N–H and O–H groups in total. The van der Waals surface area contributed by atoms with Gasteiger partial charge in [0, 0.05) is 19.5 Å². The van der Waals surface area contributed by atoms with Crippen LogP contribution in [0.3, 0.4) is 0 Å². The summed E-state index contributed by atoms with van der Waals surface area (Å²) in [6.07, 6.45) is 4.07. The maximum atomic E-state index is 4.18. The van der Waals surface area contributed by atoms with Gasteiger partial charge in [-0.25, -0.2) is 0 Å². The maximum Gasteiger partial charge on any atom is 0 e. The fraction of sp³-hybridized carbons (Fsp3) is 1.00. The van der Waals surface area contributed by atoms with Crippen molar-refractivity contribution >= 4 is 24.0 Å². The number of piperidine rings is 1. The smallest absolute Gasteiger partial charge is 0 e. The van der Waals surface area contributed by atoms with Crippen molar-refractivity contribution in [3.8, 4) is 0 Å². The number of halogens is 1. The molecule has 1 aliphatic heterocycles. The molecule has 3 heteroatoms. The molecule has 1 rings (SSSR count). The zero-order chi connectivity index (χ0) is 4.24. The molecule has 0 aliphatic carbocycles. The Kier molecular flexibility index (Phi) is 12.5. The third kappa shape index (κ3) is 5.45.